The molecule has 0 radical (unpaired) electrons. The van der Waals surface area contributed by atoms with Crippen LogP contribution in [0.2, 0.25) is 0 Å². The SMILES string of the molecule is CCC(=O)Oc1ccc(C(=O)Nc2ccc(-c3nc4ccccc4c(=O)o3)cc2)cc1. The van der Waals surface area contributed by atoms with Gasteiger partial charge in [0.1, 0.15) is 5.75 Å². The molecule has 1 heterocycles. The second kappa shape index (κ2) is 8.62. The average molecular weight is 414 g/mol. The van der Waals surface area contributed by atoms with Crippen LogP contribution in [0.15, 0.2) is 82.0 Å². The number of nitrogens with one attached hydrogen (secondary N) is 1. The minimum atomic E-state index is -0.453. The molecular weight excluding hydrogens is 396 g/mol. The molecule has 154 valence electrons. The molecule has 7 nitrogen and oxygen atoms in total. The second-order valence-electron chi connectivity index (χ2n) is 6.71. The number of nitrogens with zero attached hydrogens (tertiary/aromatic N) is 1. The lowest BCUT2D eigenvalue weighted by atomic mass is 10.1. The molecule has 1 aromatic heterocycles. The Morgan fingerprint density at radius 3 is 2.39 bits per heavy atom. The molecule has 0 saturated carbocycles. The number of esters is 1. The third-order valence-electron chi connectivity index (χ3n) is 4.56. The van der Waals surface area contributed by atoms with Crippen molar-refractivity contribution in [2.45, 2.75) is 13.3 Å². The first-order chi connectivity index (χ1) is 15.0. The molecule has 1 amide bonds. The van der Waals surface area contributed by atoms with Crippen molar-refractivity contribution in [3.63, 3.8) is 0 Å². The highest BCUT2D eigenvalue weighted by molar-refractivity contribution is 6.04. The van der Waals surface area contributed by atoms with Gasteiger partial charge in [0.25, 0.3) is 5.91 Å². The maximum atomic E-state index is 12.5. The molecule has 0 saturated heterocycles. The summed E-state index contributed by atoms with van der Waals surface area (Å²) in [5.74, 6) is -0.0542. The van der Waals surface area contributed by atoms with E-state index < -0.39 is 5.63 Å². The van der Waals surface area contributed by atoms with E-state index in [4.69, 9.17) is 9.15 Å². The van der Waals surface area contributed by atoms with Gasteiger partial charge in [-0.05, 0) is 60.7 Å². The number of rotatable bonds is 5. The van der Waals surface area contributed by atoms with Crippen molar-refractivity contribution in [2.24, 2.45) is 0 Å². The molecular formula is C24H18N2O5. The zero-order valence-electron chi connectivity index (χ0n) is 16.6. The number of aromatic nitrogens is 1. The van der Waals surface area contributed by atoms with Crippen LogP contribution >= 0.6 is 0 Å². The number of para-hydroxylation sites is 1. The number of benzene rings is 3. The fourth-order valence-electron chi connectivity index (χ4n) is 2.92. The van der Waals surface area contributed by atoms with Crippen LogP contribution in [0.1, 0.15) is 23.7 Å². The molecule has 31 heavy (non-hydrogen) atoms. The van der Waals surface area contributed by atoms with Crippen LogP contribution in [0.5, 0.6) is 5.75 Å². The Bertz CT molecular complexity index is 1310. The van der Waals surface area contributed by atoms with Crippen molar-refractivity contribution in [3.05, 3.63) is 88.8 Å². The Kier molecular flexibility index (Phi) is 5.57. The van der Waals surface area contributed by atoms with E-state index in [-0.39, 0.29) is 24.2 Å². The van der Waals surface area contributed by atoms with Gasteiger partial charge in [-0.2, -0.15) is 0 Å². The number of ether oxygens (including phenoxy) is 1. The number of hydrogen-bond acceptors (Lipinski definition) is 6. The molecule has 0 spiro atoms. The molecule has 4 rings (SSSR count). The largest absolute Gasteiger partial charge is 0.427 e. The lowest BCUT2D eigenvalue weighted by Crippen LogP contribution is -2.12. The number of hydrogen-bond donors (Lipinski definition) is 1. The highest BCUT2D eigenvalue weighted by Crippen LogP contribution is 2.21. The van der Waals surface area contributed by atoms with E-state index >= 15 is 0 Å². The minimum absolute atomic E-state index is 0.207. The Labute approximate surface area is 177 Å². The predicted octanol–water partition coefficient (Wildman–Crippen LogP) is 4.42. The summed E-state index contributed by atoms with van der Waals surface area (Å²) < 4.78 is 10.4. The molecule has 0 aliphatic heterocycles. The fourth-order valence-corrected chi connectivity index (χ4v) is 2.92. The Hall–Kier alpha value is -4.26. The van der Waals surface area contributed by atoms with Crippen LogP contribution in [0.25, 0.3) is 22.4 Å². The van der Waals surface area contributed by atoms with Gasteiger partial charge in [-0.3, -0.25) is 9.59 Å². The molecule has 0 unspecified atom stereocenters. The van der Waals surface area contributed by atoms with Crippen molar-refractivity contribution in [1.29, 1.82) is 0 Å². The molecule has 3 aromatic carbocycles. The second-order valence-corrected chi connectivity index (χ2v) is 6.71. The van der Waals surface area contributed by atoms with E-state index in [0.717, 1.165) is 0 Å². The Morgan fingerprint density at radius 1 is 0.968 bits per heavy atom. The van der Waals surface area contributed by atoms with Gasteiger partial charge >= 0.3 is 11.6 Å². The molecule has 0 aliphatic carbocycles. The van der Waals surface area contributed by atoms with Gasteiger partial charge in [0.2, 0.25) is 5.89 Å². The lowest BCUT2D eigenvalue weighted by Gasteiger charge is -2.07. The minimum Gasteiger partial charge on any atom is -0.427 e. The van der Waals surface area contributed by atoms with E-state index in [1.54, 1.807) is 79.7 Å². The maximum Gasteiger partial charge on any atom is 0.347 e. The zero-order chi connectivity index (χ0) is 21.8. The standard InChI is InChI=1S/C24H18N2O5/c1-2-21(27)30-18-13-9-15(10-14-18)22(28)25-17-11-7-16(8-12-17)23-26-20-6-4-3-5-19(20)24(29)31-23/h3-14H,2H2,1H3,(H,25,28). The highest BCUT2D eigenvalue weighted by atomic mass is 16.5. The van der Waals surface area contributed by atoms with Crippen molar-refractivity contribution in [1.82, 2.24) is 4.98 Å². The first-order valence-corrected chi connectivity index (χ1v) is 9.66. The quantitative estimate of drug-likeness (QED) is 0.383. The van der Waals surface area contributed by atoms with Crippen LogP contribution in [0.3, 0.4) is 0 Å². The Morgan fingerprint density at radius 2 is 1.68 bits per heavy atom. The van der Waals surface area contributed by atoms with Crippen LogP contribution in [0.4, 0.5) is 5.69 Å². The molecule has 0 aliphatic rings. The van der Waals surface area contributed by atoms with E-state index in [2.05, 4.69) is 10.3 Å². The van der Waals surface area contributed by atoms with E-state index in [1.807, 2.05) is 0 Å². The number of fused-ring (bicyclic) bond motifs is 1. The van der Waals surface area contributed by atoms with Gasteiger partial charge in [0, 0.05) is 23.2 Å². The van der Waals surface area contributed by atoms with Gasteiger partial charge in [0.05, 0.1) is 10.9 Å². The van der Waals surface area contributed by atoms with Gasteiger partial charge < -0.3 is 14.5 Å². The van der Waals surface area contributed by atoms with Gasteiger partial charge in [-0.1, -0.05) is 19.1 Å². The topological polar surface area (TPSA) is 98.5 Å². The predicted molar refractivity (Wildman–Crippen MR) is 116 cm³/mol. The van der Waals surface area contributed by atoms with Gasteiger partial charge in [0.15, 0.2) is 0 Å². The number of amides is 1. The molecule has 4 aromatic rings. The Balaban J connectivity index is 1.48. The molecule has 0 bridgehead atoms. The van der Waals surface area contributed by atoms with Gasteiger partial charge in [-0.25, -0.2) is 9.78 Å². The van der Waals surface area contributed by atoms with Gasteiger partial charge in [-0.15, -0.1) is 0 Å². The summed E-state index contributed by atoms with van der Waals surface area (Å²) in [4.78, 5) is 40.3. The van der Waals surface area contributed by atoms with Crippen molar-refractivity contribution in [2.75, 3.05) is 5.32 Å². The molecule has 1 N–H and O–H groups in total. The highest BCUT2D eigenvalue weighted by Gasteiger charge is 2.10. The van der Waals surface area contributed by atoms with E-state index in [1.165, 1.54) is 0 Å². The first-order valence-electron chi connectivity index (χ1n) is 9.66. The van der Waals surface area contributed by atoms with Crippen molar-refractivity contribution in [3.8, 4) is 17.2 Å². The zero-order valence-corrected chi connectivity index (χ0v) is 16.6. The first kappa shape index (κ1) is 20.0. The van der Waals surface area contributed by atoms with Crippen LogP contribution < -0.4 is 15.7 Å². The van der Waals surface area contributed by atoms with Crippen LogP contribution in [-0.4, -0.2) is 16.9 Å². The normalized spacial score (nSPS) is 10.6. The van der Waals surface area contributed by atoms with E-state index in [0.29, 0.717) is 33.5 Å². The summed E-state index contributed by atoms with van der Waals surface area (Å²) in [5, 5.41) is 3.21. The van der Waals surface area contributed by atoms with Crippen molar-refractivity contribution >= 4 is 28.5 Å². The fraction of sp³-hybridized carbons (Fsp3) is 0.0833. The summed E-state index contributed by atoms with van der Waals surface area (Å²) in [6, 6.07) is 20.1. The average Bonchev–Trinajstić information content (AvgIpc) is 2.80. The lowest BCUT2D eigenvalue weighted by molar-refractivity contribution is -0.134. The van der Waals surface area contributed by atoms with Crippen LogP contribution in [0, 0.1) is 0 Å². The molecule has 0 atom stereocenters. The number of carbonyl (C=O) groups excluding carboxylic acids is 2. The third kappa shape index (κ3) is 4.51. The summed E-state index contributed by atoms with van der Waals surface area (Å²) >= 11 is 0. The monoisotopic (exact) mass is 414 g/mol. The summed E-state index contributed by atoms with van der Waals surface area (Å²) in [6.45, 7) is 1.71. The van der Waals surface area contributed by atoms with Crippen LogP contribution in [-0.2, 0) is 4.79 Å². The smallest absolute Gasteiger partial charge is 0.347 e. The summed E-state index contributed by atoms with van der Waals surface area (Å²) in [6.07, 6.45) is 0.274. The number of carbonyl (C=O) groups is 2. The van der Waals surface area contributed by atoms with E-state index in [9.17, 15) is 14.4 Å². The summed E-state index contributed by atoms with van der Waals surface area (Å²) in [7, 11) is 0. The maximum absolute atomic E-state index is 12.5. The molecule has 0 fully saturated rings. The number of anilines is 1. The van der Waals surface area contributed by atoms with Crippen molar-refractivity contribution < 1.29 is 18.7 Å². The molecule has 7 heteroatoms. The summed E-state index contributed by atoms with van der Waals surface area (Å²) in [5.41, 5.74) is 1.70. The third-order valence-corrected chi connectivity index (χ3v) is 4.56.